The van der Waals surface area contributed by atoms with Crippen LogP contribution in [0.4, 0.5) is 0 Å². The van der Waals surface area contributed by atoms with Gasteiger partial charge in [-0.2, -0.15) is 0 Å². The van der Waals surface area contributed by atoms with Crippen LogP contribution in [0.25, 0.3) is 0 Å². The fourth-order valence-corrected chi connectivity index (χ4v) is 6.42. The zero-order valence-electron chi connectivity index (χ0n) is 14.3. The molecule has 4 heteroatoms. The summed E-state index contributed by atoms with van der Waals surface area (Å²) < 4.78 is 0. The van der Waals surface area contributed by atoms with Gasteiger partial charge < -0.3 is 16.0 Å². The number of hydrogen-bond donors (Lipinski definition) is 2. The molecule has 4 saturated carbocycles. The summed E-state index contributed by atoms with van der Waals surface area (Å²) in [5.41, 5.74) is 9.40. The van der Waals surface area contributed by atoms with Gasteiger partial charge in [0.1, 0.15) is 0 Å². The first kappa shape index (κ1) is 14.9. The maximum atomic E-state index is 12.7. The molecule has 4 bridgehead atoms. The summed E-state index contributed by atoms with van der Waals surface area (Å²) in [6.07, 6.45) is 7.24. The molecule has 1 heterocycles. The number of nitrogens with two attached hydrogens (primary N) is 1. The predicted octanol–water partition coefficient (Wildman–Crippen LogP) is 2.17. The first-order valence-corrected chi connectivity index (χ1v) is 9.41. The molecule has 3 N–H and O–H groups in total. The van der Waals surface area contributed by atoms with Crippen molar-refractivity contribution in [3.05, 3.63) is 35.4 Å². The van der Waals surface area contributed by atoms with Crippen molar-refractivity contribution >= 4 is 5.91 Å². The third-order valence-electron chi connectivity index (χ3n) is 6.91. The standard InChI is InChI=1S/C20H27N3O/c21-19-6-14-5-15(7-19)9-20(8-14,13-19)22-10-18(24)23-11-16-3-1-2-4-17(16)12-23/h1-4,14-15,22H,5-13,21H2. The highest BCUT2D eigenvalue weighted by Gasteiger charge is 2.56. The van der Waals surface area contributed by atoms with Crippen LogP contribution in [0, 0.1) is 11.8 Å². The number of amides is 1. The SMILES string of the molecule is NC12CC3CC(C1)CC(NCC(=O)N1Cc4ccccc4C1)(C3)C2. The van der Waals surface area contributed by atoms with Crippen LogP contribution < -0.4 is 11.1 Å². The number of carbonyl (C=O) groups excluding carboxylic acids is 1. The highest BCUT2D eigenvalue weighted by atomic mass is 16.2. The molecule has 1 aromatic rings. The van der Waals surface area contributed by atoms with Crippen molar-refractivity contribution in [3.63, 3.8) is 0 Å². The Kier molecular flexibility index (Phi) is 3.14. The maximum absolute atomic E-state index is 12.7. The van der Waals surface area contributed by atoms with Crippen LogP contribution >= 0.6 is 0 Å². The van der Waals surface area contributed by atoms with Crippen molar-refractivity contribution in [1.82, 2.24) is 10.2 Å². The molecule has 5 aliphatic rings. The van der Waals surface area contributed by atoms with Crippen molar-refractivity contribution in [3.8, 4) is 0 Å². The second-order valence-corrected chi connectivity index (χ2v) is 8.98. The van der Waals surface area contributed by atoms with E-state index in [2.05, 4.69) is 29.6 Å². The Bertz CT molecular complexity index is 646. The van der Waals surface area contributed by atoms with Crippen LogP contribution in [0.2, 0.25) is 0 Å². The Hall–Kier alpha value is -1.39. The monoisotopic (exact) mass is 325 g/mol. The average molecular weight is 325 g/mol. The van der Waals surface area contributed by atoms with E-state index in [-0.39, 0.29) is 17.0 Å². The molecule has 6 rings (SSSR count). The lowest BCUT2D eigenvalue weighted by atomic mass is 9.50. The Balaban J connectivity index is 1.25. The molecule has 1 aromatic carbocycles. The first-order valence-electron chi connectivity index (χ1n) is 9.41. The number of nitrogens with one attached hydrogen (secondary N) is 1. The quantitative estimate of drug-likeness (QED) is 0.895. The number of benzene rings is 1. The fourth-order valence-electron chi connectivity index (χ4n) is 6.42. The van der Waals surface area contributed by atoms with E-state index < -0.39 is 0 Å². The Morgan fingerprint density at radius 3 is 2.33 bits per heavy atom. The highest BCUT2D eigenvalue weighted by molar-refractivity contribution is 5.79. The van der Waals surface area contributed by atoms with Crippen LogP contribution in [0.15, 0.2) is 24.3 Å². The lowest BCUT2D eigenvalue weighted by molar-refractivity contribution is -0.132. The van der Waals surface area contributed by atoms with Gasteiger partial charge in [0.2, 0.25) is 5.91 Å². The van der Waals surface area contributed by atoms with Crippen molar-refractivity contribution in [1.29, 1.82) is 0 Å². The number of rotatable bonds is 3. The summed E-state index contributed by atoms with van der Waals surface area (Å²) in [6, 6.07) is 8.38. The van der Waals surface area contributed by atoms with Crippen LogP contribution in [-0.4, -0.2) is 28.4 Å². The van der Waals surface area contributed by atoms with Gasteiger partial charge in [-0.15, -0.1) is 0 Å². The minimum atomic E-state index is 0.0318. The van der Waals surface area contributed by atoms with E-state index in [1.54, 1.807) is 0 Å². The van der Waals surface area contributed by atoms with Crippen LogP contribution in [0.1, 0.15) is 49.7 Å². The third kappa shape index (κ3) is 2.39. The molecule has 0 saturated heterocycles. The lowest BCUT2D eigenvalue weighted by Crippen LogP contribution is -2.68. The van der Waals surface area contributed by atoms with Crippen molar-refractivity contribution in [2.24, 2.45) is 17.6 Å². The van der Waals surface area contributed by atoms with Gasteiger partial charge in [-0.05, 0) is 61.5 Å². The normalized spacial score (nSPS) is 39.3. The summed E-state index contributed by atoms with van der Waals surface area (Å²) in [5.74, 6) is 1.78. The minimum absolute atomic E-state index is 0.0318. The van der Waals surface area contributed by atoms with Gasteiger partial charge in [-0.25, -0.2) is 0 Å². The molecule has 4 fully saturated rings. The predicted molar refractivity (Wildman–Crippen MR) is 93.0 cm³/mol. The summed E-state index contributed by atoms with van der Waals surface area (Å²) in [7, 11) is 0. The van der Waals surface area contributed by atoms with E-state index in [0.717, 1.165) is 31.3 Å². The second kappa shape index (κ2) is 5.06. The van der Waals surface area contributed by atoms with E-state index in [1.807, 2.05) is 4.90 Å². The molecule has 0 spiro atoms. The zero-order chi connectivity index (χ0) is 16.4. The molecule has 2 unspecified atom stereocenters. The largest absolute Gasteiger partial charge is 0.333 e. The Morgan fingerprint density at radius 2 is 1.75 bits per heavy atom. The topological polar surface area (TPSA) is 58.4 Å². The third-order valence-corrected chi connectivity index (χ3v) is 6.91. The van der Waals surface area contributed by atoms with Gasteiger partial charge in [0.15, 0.2) is 0 Å². The molecule has 128 valence electrons. The van der Waals surface area contributed by atoms with Gasteiger partial charge >= 0.3 is 0 Å². The number of carbonyl (C=O) groups is 1. The first-order chi connectivity index (χ1) is 11.5. The smallest absolute Gasteiger partial charge is 0.237 e. The molecule has 1 aliphatic heterocycles. The van der Waals surface area contributed by atoms with Gasteiger partial charge in [0.05, 0.1) is 6.54 Å². The van der Waals surface area contributed by atoms with Crippen molar-refractivity contribution in [2.45, 2.75) is 62.7 Å². The van der Waals surface area contributed by atoms with Gasteiger partial charge in [0, 0.05) is 24.2 Å². The average Bonchev–Trinajstić information content (AvgIpc) is 2.94. The van der Waals surface area contributed by atoms with E-state index in [1.165, 1.54) is 43.2 Å². The van der Waals surface area contributed by atoms with Crippen LogP contribution in [0.5, 0.6) is 0 Å². The summed E-state index contributed by atoms with van der Waals surface area (Å²) in [4.78, 5) is 14.7. The van der Waals surface area contributed by atoms with E-state index in [4.69, 9.17) is 5.73 Å². The molecular formula is C20H27N3O. The summed E-state index contributed by atoms with van der Waals surface area (Å²) in [5, 5.41) is 3.68. The van der Waals surface area contributed by atoms with Gasteiger partial charge in [-0.1, -0.05) is 24.3 Å². The highest BCUT2D eigenvalue weighted by Crippen LogP contribution is 2.56. The summed E-state index contributed by atoms with van der Waals surface area (Å²) >= 11 is 0. The van der Waals surface area contributed by atoms with E-state index >= 15 is 0 Å². The number of fused-ring (bicyclic) bond motifs is 1. The molecule has 2 atom stereocenters. The maximum Gasteiger partial charge on any atom is 0.237 e. The molecule has 0 radical (unpaired) electrons. The lowest BCUT2D eigenvalue weighted by Gasteiger charge is -2.61. The Morgan fingerprint density at radius 1 is 1.12 bits per heavy atom. The summed E-state index contributed by atoms with van der Waals surface area (Å²) in [6.45, 7) is 1.98. The van der Waals surface area contributed by atoms with Crippen LogP contribution in [0.3, 0.4) is 0 Å². The fraction of sp³-hybridized carbons (Fsp3) is 0.650. The van der Waals surface area contributed by atoms with E-state index in [9.17, 15) is 4.79 Å². The second-order valence-electron chi connectivity index (χ2n) is 8.98. The molecule has 4 aliphatic carbocycles. The van der Waals surface area contributed by atoms with E-state index in [0.29, 0.717) is 6.54 Å². The zero-order valence-corrected chi connectivity index (χ0v) is 14.3. The number of nitrogens with zero attached hydrogens (tertiary/aromatic N) is 1. The Labute approximate surface area is 143 Å². The van der Waals surface area contributed by atoms with Gasteiger partial charge in [-0.3, -0.25) is 4.79 Å². The van der Waals surface area contributed by atoms with Crippen LogP contribution in [-0.2, 0) is 17.9 Å². The van der Waals surface area contributed by atoms with Crippen molar-refractivity contribution < 1.29 is 4.79 Å². The van der Waals surface area contributed by atoms with Crippen molar-refractivity contribution in [2.75, 3.05) is 6.54 Å². The number of hydrogen-bond acceptors (Lipinski definition) is 3. The molecule has 24 heavy (non-hydrogen) atoms. The molecular weight excluding hydrogens is 298 g/mol. The van der Waals surface area contributed by atoms with Gasteiger partial charge in [0.25, 0.3) is 0 Å². The molecule has 1 amide bonds. The molecule has 4 nitrogen and oxygen atoms in total. The minimum Gasteiger partial charge on any atom is -0.333 e. The molecule has 0 aromatic heterocycles.